The molecule has 2 heterocycles. The van der Waals surface area contributed by atoms with Crippen LogP contribution in [-0.4, -0.2) is 19.3 Å². The number of nitrogen functional groups attached to an aromatic ring is 1. The molecule has 1 saturated carbocycles. The molecule has 112 valence electrons. The third-order valence-corrected chi connectivity index (χ3v) is 4.56. The van der Waals surface area contributed by atoms with E-state index in [4.69, 9.17) is 10.7 Å². The molecule has 5 heteroatoms. The number of aromatic nitrogens is 4. The van der Waals surface area contributed by atoms with Gasteiger partial charge in [-0.2, -0.15) is 5.10 Å². The summed E-state index contributed by atoms with van der Waals surface area (Å²) >= 11 is 0. The van der Waals surface area contributed by atoms with Crippen molar-refractivity contribution in [2.75, 3.05) is 5.73 Å². The van der Waals surface area contributed by atoms with Crippen LogP contribution in [0.4, 0.5) is 5.82 Å². The molecule has 0 spiro atoms. The third-order valence-electron chi connectivity index (χ3n) is 4.56. The van der Waals surface area contributed by atoms with E-state index in [0.717, 1.165) is 28.6 Å². The van der Waals surface area contributed by atoms with Crippen molar-refractivity contribution in [3.63, 3.8) is 0 Å². The minimum absolute atomic E-state index is 0.526. The Hall–Kier alpha value is -2.04. The maximum Gasteiger partial charge on any atom is 0.132 e. The van der Waals surface area contributed by atoms with Crippen LogP contribution in [0.1, 0.15) is 43.1 Å². The van der Waals surface area contributed by atoms with Gasteiger partial charge in [0.2, 0.25) is 0 Å². The molecule has 2 N–H and O–H groups in total. The maximum atomic E-state index is 6.38. The van der Waals surface area contributed by atoms with Crippen LogP contribution in [0.2, 0.25) is 0 Å². The van der Waals surface area contributed by atoms with Crippen molar-refractivity contribution in [2.24, 2.45) is 7.05 Å². The molecule has 21 heavy (non-hydrogen) atoms. The van der Waals surface area contributed by atoms with E-state index in [2.05, 4.69) is 16.2 Å². The monoisotopic (exact) mass is 285 g/mol. The maximum absolute atomic E-state index is 6.38. The van der Waals surface area contributed by atoms with Crippen LogP contribution in [0.5, 0.6) is 0 Å². The second kappa shape index (κ2) is 5.39. The first-order chi connectivity index (χ1) is 10.1. The first-order valence-electron chi connectivity index (χ1n) is 7.59. The molecule has 0 aliphatic heterocycles. The molecular formula is C16H23N5. The van der Waals surface area contributed by atoms with Gasteiger partial charge in [-0.25, -0.2) is 4.98 Å². The summed E-state index contributed by atoms with van der Waals surface area (Å²) in [5.41, 5.74) is 9.36. The fourth-order valence-electron chi connectivity index (χ4n) is 3.23. The molecule has 2 aromatic rings. The summed E-state index contributed by atoms with van der Waals surface area (Å²) in [5.74, 6) is 2.37. The fourth-order valence-corrected chi connectivity index (χ4v) is 3.23. The summed E-state index contributed by atoms with van der Waals surface area (Å²) in [5, 5.41) is 4.31. The first-order valence-corrected chi connectivity index (χ1v) is 7.59. The van der Waals surface area contributed by atoms with E-state index in [1.165, 1.54) is 25.7 Å². The van der Waals surface area contributed by atoms with Crippen molar-refractivity contribution >= 4 is 5.82 Å². The largest absolute Gasteiger partial charge is 0.383 e. The average molecular weight is 285 g/mol. The van der Waals surface area contributed by atoms with Gasteiger partial charge in [-0.15, -0.1) is 6.58 Å². The van der Waals surface area contributed by atoms with Gasteiger partial charge < -0.3 is 10.3 Å². The van der Waals surface area contributed by atoms with E-state index in [0.29, 0.717) is 12.5 Å². The highest BCUT2D eigenvalue weighted by molar-refractivity contribution is 5.72. The number of anilines is 1. The topological polar surface area (TPSA) is 61.7 Å². The van der Waals surface area contributed by atoms with Crippen LogP contribution in [0.3, 0.4) is 0 Å². The molecule has 1 fully saturated rings. The summed E-state index contributed by atoms with van der Waals surface area (Å²) in [7, 11) is 1.94. The molecule has 0 aromatic carbocycles. The number of nitrogens with two attached hydrogens (primary N) is 1. The number of rotatable bonds is 4. The lowest BCUT2D eigenvalue weighted by Crippen LogP contribution is -2.08. The van der Waals surface area contributed by atoms with Gasteiger partial charge in [-0.1, -0.05) is 18.9 Å². The van der Waals surface area contributed by atoms with Crippen LogP contribution < -0.4 is 5.73 Å². The van der Waals surface area contributed by atoms with Crippen molar-refractivity contribution in [3.8, 4) is 11.3 Å². The smallest absolute Gasteiger partial charge is 0.132 e. The van der Waals surface area contributed by atoms with Crippen molar-refractivity contribution < 1.29 is 0 Å². The molecule has 3 rings (SSSR count). The van der Waals surface area contributed by atoms with Gasteiger partial charge in [0.25, 0.3) is 0 Å². The minimum atomic E-state index is 0.526. The van der Waals surface area contributed by atoms with Crippen LogP contribution in [0.25, 0.3) is 11.3 Å². The minimum Gasteiger partial charge on any atom is -0.383 e. The number of allylic oxidation sites excluding steroid dienone is 1. The van der Waals surface area contributed by atoms with E-state index in [1.807, 2.05) is 30.9 Å². The van der Waals surface area contributed by atoms with Gasteiger partial charge in [-0.05, 0) is 19.8 Å². The Bertz CT molecular complexity index is 659. The molecule has 0 atom stereocenters. The highest BCUT2D eigenvalue weighted by Crippen LogP contribution is 2.38. The van der Waals surface area contributed by atoms with Crippen LogP contribution in [0, 0.1) is 6.92 Å². The highest BCUT2D eigenvalue weighted by atomic mass is 15.3. The molecule has 5 nitrogen and oxygen atoms in total. The van der Waals surface area contributed by atoms with E-state index in [9.17, 15) is 0 Å². The Balaban J connectivity index is 2.11. The van der Waals surface area contributed by atoms with E-state index >= 15 is 0 Å². The SMILES string of the molecule is C=CCn1c(C2CCCC2)nc(-c2cnn(C)c2C)c1N. The Morgan fingerprint density at radius 2 is 2.14 bits per heavy atom. The Morgan fingerprint density at radius 1 is 1.43 bits per heavy atom. The predicted octanol–water partition coefficient (Wildman–Crippen LogP) is 3.02. The van der Waals surface area contributed by atoms with Crippen LogP contribution >= 0.6 is 0 Å². The second-order valence-electron chi connectivity index (χ2n) is 5.85. The number of nitrogens with zero attached hydrogens (tertiary/aromatic N) is 4. The van der Waals surface area contributed by atoms with Gasteiger partial charge in [0.05, 0.1) is 6.20 Å². The highest BCUT2D eigenvalue weighted by Gasteiger charge is 2.26. The lowest BCUT2D eigenvalue weighted by Gasteiger charge is -2.11. The van der Waals surface area contributed by atoms with Gasteiger partial charge in [-0.3, -0.25) is 4.68 Å². The summed E-state index contributed by atoms with van der Waals surface area (Å²) < 4.78 is 3.97. The number of hydrogen-bond donors (Lipinski definition) is 1. The quantitative estimate of drug-likeness (QED) is 0.878. The number of aryl methyl sites for hydroxylation is 1. The molecule has 2 aromatic heterocycles. The summed E-state index contributed by atoms with van der Waals surface area (Å²) in [6.07, 6.45) is 8.72. The molecule has 1 aliphatic rings. The molecule has 0 amide bonds. The van der Waals surface area contributed by atoms with Crippen molar-refractivity contribution in [3.05, 3.63) is 30.4 Å². The molecule has 0 unspecified atom stereocenters. The summed E-state index contributed by atoms with van der Waals surface area (Å²) in [4.78, 5) is 4.89. The summed E-state index contributed by atoms with van der Waals surface area (Å²) in [6.45, 7) is 6.61. The third kappa shape index (κ3) is 2.26. The zero-order chi connectivity index (χ0) is 15.0. The average Bonchev–Trinajstić information content (AvgIpc) is 3.16. The molecule has 1 aliphatic carbocycles. The van der Waals surface area contributed by atoms with E-state index in [-0.39, 0.29) is 0 Å². The molecule has 0 bridgehead atoms. The van der Waals surface area contributed by atoms with Gasteiger partial charge >= 0.3 is 0 Å². The zero-order valence-corrected chi connectivity index (χ0v) is 12.8. The molecule has 0 radical (unpaired) electrons. The first kappa shape index (κ1) is 13.9. The van der Waals surface area contributed by atoms with Crippen LogP contribution in [-0.2, 0) is 13.6 Å². The normalized spacial score (nSPS) is 15.7. The lowest BCUT2D eigenvalue weighted by atomic mass is 10.1. The van der Waals surface area contributed by atoms with Crippen LogP contribution in [0.15, 0.2) is 18.9 Å². The Kier molecular flexibility index (Phi) is 3.57. The Labute approximate surface area is 125 Å². The Morgan fingerprint density at radius 3 is 2.71 bits per heavy atom. The second-order valence-corrected chi connectivity index (χ2v) is 5.85. The van der Waals surface area contributed by atoms with E-state index in [1.54, 1.807) is 0 Å². The fraction of sp³-hybridized carbons (Fsp3) is 0.500. The van der Waals surface area contributed by atoms with Gasteiger partial charge in [0.1, 0.15) is 17.3 Å². The molecular weight excluding hydrogens is 262 g/mol. The predicted molar refractivity (Wildman–Crippen MR) is 85.0 cm³/mol. The lowest BCUT2D eigenvalue weighted by molar-refractivity contribution is 0.618. The standard InChI is InChI=1S/C16H23N5/c1-4-9-21-15(17)14(13-10-18-20(3)11(13)2)19-16(21)12-7-5-6-8-12/h4,10,12H,1,5-9,17H2,2-3H3. The van der Waals surface area contributed by atoms with Gasteiger partial charge in [0.15, 0.2) is 0 Å². The number of imidazole rings is 1. The zero-order valence-electron chi connectivity index (χ0n) is 12.8. The van der Waals surface area contributed by atoms with E-state index < -0.39 is 0 Å². The molecule has 0 saturated heterocycles. The summed E-state index contributed by atoms with van der Waals surface area (Å²) in [6, 6.07) is 0. The van der Waals surface area contributed by atoms with Crippen molar-refractivity contribution in [2.45, 2.75) is 45.1 Å². The van der Waals surface area contributed by atoms with Crippen molar-refractivity contribution in [1.82, 2.24) is 19.3 Å². The van der Waals surface area contributed by atoms with Gasteiger partial charge in [0, 0.05) is 30.8 Å². The number of hydrogen-bond acceptors (Lipinski definition) is 3. The van der Waals surface area contributed by atoms with Crippen molar-refractivity contribution in [1.29, 1.82) is 0 Å².